The molecule has 2 unspecified atom stereocenters. The minimum absolute atomic E-state index is 0.0674. The van der Waals surface area contributed by atoms with Gasteiger partial charge in [-0.3, -0.25) is 4.90 Å². The number of aliphatic hydroxyl groups excluding tert-OH is 1. The van der Waals surface area contributed by atoms with Gasteiger partial charge in [-0.2, -0.15) is 0 Å². The van der Waals surface area contributed by atoms with Crippen LogP contribution in [0.5, 0.6) is 0 Å². The Morgan fingerprint density at radius 2 is 1.48 bits per heavy atom. The van der Waals surface area contributed by atoms with Crippen molar-refractivity contribution in [3.8, 4) is 0 Å². The Balaban J connectivity index is 2.04. The van der Waals surface area contributed by atoms with E-state index in [9.17, 15) is 5.11 Å². The molecule has 0 heterocycles. The van der Waals surface area contributed by atoms with Gasteiger partial charge >= 0.3 is 0 Å². The van der Waals surface area contributed by atoms with E-state index in [4.69, 9.17) is 0 Å². The summed E-state index contributed by atoms with van der Waals surface area (Å²) in [6, 6.07) is 21.1. The largest absolute Gasteiger partial charge is 0.390 e. The highest BCUT2D eigenvalue weighted by Crippen LogP contribution is 2.12. The number of hydrogen-bond donors (Lipinski definition) is 2. The Bertz CT molecular complexity index is 615. The average Bonchev–Trinajstić information content (AvgIpc) is 2.66. The van der Waals surface area contributed by atoms with Crippen molar-refractivity contribution in [1.82, 2.24) is 10.2 Å². The van der Waals surface area contributed by atoms with Gasteiger partial charge in [-0.25, -0.2) is 0 Å². The molecule has 0 fully saturated rings. The number of rotatable bonds is 12. The molecule has 2 aromatic rings. The molecule has 0 aliphatic heterocycles. The molecular formula is C24H36N2O. The Morgan fingerprint density at radius 3 is 2.04 bits per heavy atom. The van der Waals surface area contributed by atoms with Crippen LogP contribution in [0.25, 0.3) is 0 Å². The lowest BCUT2D eigenvalue weighted by Crippen LogP contribution is -2.48. The molecule has 0 spiro atoms. The van der Waals surface area contributed by atoms with Crippen LogP contribution in [0.1, 0.15) is 38.3 Å². The van der Waals surface area contributed by atoms with E-state index in [0.29, 0.717) is 12.5 Å². The van der Waals surface area contributed by atoms with Crippen molar-refractivity contribution < 1.29 is 5.11 Å². The Hall–Kier alpha value is -1.68. The van der Waals surface area contributed by atoms with Crippen LogP contribution in [0, 0.1) is 5.92 Å². The lowest BCUT2D eigenvalue weighted by atomic mass is 10.00. The predicted octanol–water partition coefficient (Wildman–Crippen LogP) is 4.12. The molecule has 3 heteroatoms. The maximum Gasteiger partial charge on any atom is 0.0823 e. The molecule has 0 amide bonds. The monoisotopic (exact) mass is 368 g/mol. The number of nitrogens with one attached hydrogen (secondary N) is 1. The van der Waals surface area contributed by atoms with Crippen molar-refractivity contribution >= 4 is 0 Å². The summed E-state index contributed by atoms with van der Waals surface area (Å²) in [7, 11) is 0. The molecule has 0 saturated heterocycles. The van der Waals surface area contributed by atoms with Crippen LogP contribution in [0.3, 0.4) is 0 Å². The standard InChI is InChI=1S/C24H36N2O/c1-4-15-25-23(16-21-11-7-5-8-12-21)24(27)19-26(17-20(2)3)18-22-13-9-6-10-14-22/h5-14,20,23-25,27H,4,15-19H2,1-3H3. The van der Waals surface area contributed by atoms with Crippen molar-refractivity contribution in [2.45, 2.75) is 52.3 Å². The molecule has 2 atom stereocenters. The van der Waals surface area contributed by atoms with E-state index in [2.05, 4.69) is 85.6 Å². The minimum atomic E-state index is -0.404. The molecule has 0 aromatic heterocycles. The van der Waals surface area contributed by atoms with Gasteiger partial charge in [-0.05, 0) is 36.4 Å². The van der Waals surface area contributed by atoms with Gasteiger partial charge in [-0.1, -0.05) is 81.4 Å². The lowest BCUT2D eigenvalue weighted by molar-refractivity contribution is 0.0709. The first-order chi connectivity index (χ1) is 13.1. The van der Waals surface area contributed by atoms with E-state index in [1.54, 1.807) is 0 Å². The summed E-state index contributed by atoms with van der Waals surface area (Å²) in [6.45, 7) is 10.1. The normalized spacial score (nSPS) is 13.9. The van der Waals surface area contributed by atoms with Gasteiger partial charge in [-0.15, -0.1) is 0 Å². The molecule has 0 radical (unpaired) electrons. The third-order valence-corrected chi connectivity index (χ3v) is 4.74. The van der Waals surface area contributed by atoms with E-state index in [1.165, 1.54) is 11.1 Å². The van der Waals surface area contributed by atoms with Crippen molar-refractivity contribution in [1.29, 1.82) is 0 Å². The Morgan fingerprint density at radius 1 is 0.889 bits per heavy atom. The van der Waals surface area contributed by atoms with Crippen molar-refractivity contribution in [2.75, 3.05) is 19.6 Å². The van der Waals surface area contributed by atoms with Crippen molar-refractivity contribution in [3.63, 3.8) is 0 Å². The maximum atomic E-state index is 11.1. The van der Waals surface area contributed by atoms with Crippen LogP contribution in [0.4, 0.5) is 0 Å². The highest BCUT2D eigenvalue weighted by Gasteiger charge is 2.22. The number of benzene rings is 2. The van der Waals surface area contributed by atoms with Gasteiger partial charge < -0.3 is 10.4 Å². The second-order valence-electron chi connectivity index (χ2n) is 7.89. The van der Waals surface area contributed by atoms with E-state index < -0.39 is 6.10 Å². The first-order valence-corrected chi connectivity index (χ1v) is 10.3. The summed E-state index contributed by atoms with van der Waals surface area (Å²) < 4.78 is 0. The quantitative estimate of drug-likeness (QED) is 0.592. The Kier molecular flexibility index (Phi) is 9.54. The van der Waals surface area contributed by atoms with Crippen LogP contribution in [-0.4, -0.2) is 41.8 Å². The summed E-state index contributed by atoms with van der Waals surface area (Å²) in [5.41, 5.74) is 2.56. The maximum absolute atomic E-state index is 11.1. The third kappa shape index (κ3) is 8.25. The first kappa shape index (κ1) is 21.6. The number of hydrogen-bond acceptors (Lipinski definition) is 3. The zero-order chi connectivity index (χ0) is 19.5. The molecular weight excluding hydrogens is 332 g/mol. The van der Waals surface area contributed by atoms with Gasteiger partial charge in [0.05, 0.1) is 6.10 Å². The van der Waals surface area contributed by atoms with Crippen LogP contribution >= 0.6 is 0 Å². The molecule has 2 N–H and O–H groups in total. The van der Waals surface area contributed by atoms with E-state index in [0.717, 1.165) is 32.5 Å². The smallest absolute Gasteiger partial charge is 0.0823 e. The van der Waals surface area contributed by atoms with E-state index in [-0.39, 0.29) is 6.04 Å². The van der Waals surface area contributed by atoms with E-state index >= 15 is 0 Å². The highest BCUT2D eigenvalue weighted by atomic mass is 16.3. The van der Waals surface area contributed by atoms with Gasteiger partial charge in [0.25, 0.3) is 0 Å². The van der Waals surface area contributed by atoms with Gasteiger partial charge in [0, 0.05) is 25.7 Å². The van der Waals surface area contributed by atoms with Gasteiger partial charge in [0.2, 0.25) is 0 Å². The highest BCUT2D eigenvalue weighted by molar-refractivity contribution is 5.17. The zero-order valence-electron chi connectivity index (χ0n) is 17.1. The Labute approximate surface area is 165 Å². The van der Waals surface area contributed by atoms with Crippen LogP contribution in [-0.2, 0) is 13.0 Å². The van der Waals surface area contributed by atoms with Gasteiger partial charge in [0.1, 0.15) is 0 Å². The topological polar surface area (TPSA) is 35.5 Å². The van der Waals surface area contributed by atoms with Crippen molar-refractivity contribution in [2.24, 2.45) is 5.92 Å². The SMILES string of the molecule is CCCNC(Cc1ccccc1)C(O)CN(Cc1ccccc1)CC(C)C. The number of aliphatic hydroxyl groups is 1. The molecule has 2 rings (SSSR count). The molecule has 0 aliphatic rings. The molecule has 3 nitrogen and oxygen atoms in total. The first-order valence-electron chi connectivity index (χ1n) is 10.3. The summed E-state index contributed by atoms with van der Waals surface area (Å²) in [4.78, 5) is 2.39. The summed E-state index contributed by atoms with van der Waals surface area (Å²) in [5.74, 6) is 0.567. The zero-order valence-corrected chi connectivity index (χ0v) is 17.1. The summed E-state index contributed by atoms with van der Waals surface area (Å²) >= 11 is 0. The van der Waals surface area contributed by atoms with Crippen LogP contribution < -0.4 is 5.32 Å². The second kappa shape index (κ2) is 11.9. The average molecular weight is 369 g/mol. The second-order valence-corrected chi connectivity index (χ2v) is 7.89. The minimum Gasteiger partial charge on any atom is -0.390 e. The summed E-state index contributed by atoms with van der Waals surface area (Å²) in [6.07, 6.45) is 1.51. The third-order valence-electron chi connectivity index (χ3n) is 4.74. The predicted molar refractivity (Wildman–Crippen MR) is 115 cm³/mol. The fourth-order valence-electron chi connectivity index (χ4n) is 3.50. The van der Waals surface area contributed by atoms with Crippen LogP contribution in [0.2, 0.25) is 0 Å². The molecule has 2 aromatic carbocycles. The number of nitrogens with zero attached hydrogens (tertiary/aromatic N) is 1. The van der Waals surface area contributed by atoms with Gasteiger partial charge in [0.15, 0.2) is 0 Å². The molecule has 148 valence electrons. The molecule has 27 heavy (non-hydrogen) atoms. The fraction of sp³-hybridized carbons (Fsp3) is 0.500. The van der Waals surface area contributed by atoms with Crippen molar-refractivity contribution in [3.05, 3.63) is 71.8 Å². The lowest BCUT2D eigenvalue weighted by Gasteiger charge is -2.31. The fourth-order valence-corrected chi connectivity index (χ4v) is 3.50. The molecule has 0 bridgehead atoms. The molecule has 0 aliphatic carbocycles. The van der Waals surface area contributed by atoms with Crippen LogP contribution in [0.15, 0.2) is 60.7 Å². The van der Waals surface area contributed by atoms with E-state index in [1.807, 2.05) is 6.07 Å². The summed E-state index contributed by atoms with van der Waals surface area (Å²) in [5, 5.41) is 14.6. The molecule has 0 saturated carbocycles.